The van der Waals surface area contributed by atoms with Crippen molar-refractivity contribution in [1.29, 1.82) is 0 Å². The zero-order valence-corrected chi connectivity index (χ0v) is 11.7. The van der Waals surface area contributed by atoms with Gasteiger partial charge in [-0.25, -0.2) is 0 Å². The van der Waals surface area contributed by atoms with Gasteiger partial charge in [0.2, 0.25) is 11.8 Å². The number of imide groups is 1. The van der Waals surface area contributed by atoms with Crippen molar-refractivity contribution in [2.75, 3.05) is 4.90 Å². The minimum atomic E-state index is -0.103. The smallest absolute Gasteiger partial charge is 0.237 e. The van der Waals surface area contributed by atoms with Gasteiger partial charge in [0.25, 0.3) is 0 Å². The molecule has 2 amide bonds. The van der Waals surface area contributed by atoms with E-state index in [1.54, 1.807) is 0 Å². The van der Waals surface area contributed by atoms with Crippen LogP contribution >= 0.6 is 0 Å². The number of amides is 2. The highest BCUT2D eigenvalue weighted by Gasteiger charge is 2.52. The van der Waals surface area contributed by atoms with E-state index in [-0.39, 0.29) is 23.7 Å². The molecule has 0 spiro atoms. The first-order chi connectivity index (χ1) is 9.65. The van der Waals surface area contributed by atoms with Crippen LogP contribution in [0.25, 0.3) is 0 Å². The summed E-state index contributed by atoms with van der Waals surface area (Å²) in [5.41, 5.74) is 7.23. The summed E-state index contributed by atoms with van der Waals surface area (Å²) in [4.78, 5) is 26.4. The fourth-order valence-corrected chi connectivity index (χ4v) is 3.54. The molecule has 4 nitrogen and oxygen atoms in total. The maximum Gasteiger partial charge on any atom is 0.237 e. The van der Waals surface area contributed by atoms with E-state index in [1.807, 2.05) is 24.3 Å². The summed E-state index contributed by atoms with van der Waals surface area (Å²) in [6.07, 6.45) is 2.77. The average molecular weight is 272 g/mol. The van der Waals surface area contributed by atoms with Crippen molar-refractivity contribution in [3.8, 4) is 0 Å². The van der Waals surface area contributed by atoms with Gasteiger partial charge < -0.3 is 5.73 Å². The van der Waals surface area contributed by atoms with Crippen molar-refractivity contribution in [3.05, 3.63) is 29.8 Å². The Hall–Kier alpha value is -1.68. The van der Waals surface area contributed by atoms with Crippen LogP contribution in [0.2, 0.25) is 0 Å². The highest BCUT2D eigenvalue weighted by atomic mass is 16.2. The Labute approximate surface area is 118 Å². The number of carbonyl (C=O) groups is 2. The van der Waals surface area contributed by atoms with Crippen LogP contribution in [-0.2, 0) is 16.1 Å². The van der Waals surface area contributed by atoms with Gasteiger partial charge in [-0.3, -0.25) is 14.5 Å². The molecule has 1 saturated heterocycles. The van der Waals surface area contributed by atoms with Gasteiger partial charge in [0.15, 0.2) is 0 Å². The number of fused-ring (bicyclic) bond motifs is 1. The lowest BCUT2D eigenvalue weighted by Crippen LogP contribution is -2.32. The molecule has 2 fully saturated rings. The van der Waals surface area contributed by atoms with Crippen LogP contribution in [-0.4, -0.2) is 11.8 Å². The van der Waals surface area contributed by atoms with Crippen molar-refractivity contribution in [2.45, 2.75) is 32.7 Å². The molecule has 1 aliphatic heterocycles. The molecule has 2 unspecified atom stereocenters. The van der Waals surface area contributed by atoms with Crippen molar-refractivity contribution in [2.24, 2.45) is 23.5 Å². The zero-order chi connectivity index (χ0) is 14.3. The van der Waals surface area contributed by atoms with Crippen LogP contribution in [0.15, 0.2) is 24.3 Å². The molecule has 4 heteroatoms. The van der Waals surface area contributed by atoms with Crippen LogP contribution in [0.5, 0.6) is 0 Å². The first-order valence-electron chi connectivity index (χ1n) is 7.32. The summed E-state index contributed by atoms with van der Waals surface area (Å²) in [5, 5.41) is 0. The molecule has 1 saturated carbocycles. The van der Waals surface area contributed by atoms with E-state index < -0.39 is 0 Å². The third kappa shape index (κ3) is 1.95. The van der Waals surface area contributed by atoms with E-state index in [0.29, 0.717) is 18.2 Å². The van der Waals surface area contributed by atoms with Crippen molar-refractivity contribution >= 4 is 17.5 Å². The molecule has 0 aromatic heterocycles. The predicted octanol–water partition coefficient (Wildman–Crippen LogP) is 2.07. The van der Waals surface area contributed by atoms with E-state index >= 15 is 0 Å². The second kappa shape index (κ2) is 5.02. The van der Waals surface area contributed by atoms with E-state index in [1.165, 1.54) is 4.90 Å². The Morgan fingerprint density at radius 3 is 2.40 bits per heavy atom. The molecule has 1 aromatic rings. The van der Waals surface area contributed by atoms with Crippen LogP contribution in [0.3, 0.4) is 0 Å². The summed E-state index contributed by atoms with van der Waals surface area (Å²) in [6.45, 7) is 2.54. The number of anilines is 1. The quantitative estimate of drug-likeness (QED) is 0.857. The lowest BCUT2D eigenvalue weighted by Gasteiger charge is -2.18. The van der Waals surface area contributed by atoms with Crippen LogP contribution in [0.4, 0.5) is 5.69 Å². The average Bonchev–Trinajstić information content (AvgIpc) is 3.00. The normalized spacial score (nSPS) is 29.1. The molecule has 2 aliphatic rings. The van der Waals surface area contributed by atoms with Crippen molar-refractivity contribution < 1.29 is 9.59 Å². The van der Waals surface area contributed by atoms with Gasteiger partial charge >= 0.3 is 0 Å². The van der Waals surface area contributed by atoms with Crippen LogP contribution in [0.1, 0.15) is 31.7 Å². The zero-order valence-electron chi connectivity index (χ0n) is 11.7. The maximum atomic E-state index is 12.5. The summed E-state index contributed by atoms with van der Waals surface area (Å²) >= 11 is 0. The standard InChI is InChI=1S/C16H20N2O2/c1-2-10-7-13-14(8-10)16(20)18(15(13)19)12-5-3-4-11(6-12)9-17/h3-6,10,13-14H,2,7-9,17H2,1H3. The first-order valence-corrected chi connectivity index (χ1v) is 7.32. The summed E-state index contributed by atoms with van der Waals surface area (Å²) in [6, 6.07) is 7.41. The van der Waals surface area contributed by atoms with Gasteiger partial charge in [-0.05, 0) is 36.5 Å². The molecule has 0 radical (unpaired) electrons. The van der Waals surface area contributed by atoms with Crippen LogP contribution in [0, 0.1) is 17.8 Å². The molecule has 2 N–H and O–H groups in total. The van der Waals surface area contributed by atoms with Gasteiger partial charge in [0, 0.05) is 6.54 Å². The Balaban J connectivity index is 1.89. The van der Waals surface area contributed by atoms with Gasteiger partial charge in [-0.15, -0.1) is 0 Å². The molecule has 3 rings (SSSR count). The largest absolute Gasteiger partial charge is 0.326 e. The summed E-state index contributed by atoms with van der Waals surface area (Å²) < 4.78 is 0. The molecule has 2 atom stereocenters. The molecule has 1 heterocycles. The number of hydrogen-bond acceptors (Lipinski definition) is 3. The topological polar surface area (TPSA) is 63.4 Å². The van der Waals surface area contributed by atoms with E-state index in [2.05, 4.69) is 6.92 Å². The number of carbonyl (C=O) groups excluding carboxylic acids is 2. The molecule has 20 heavy (non-hydrogen) atoms. The Morgan fingerprint density at radius 2 is 1.85 bits per heavy atom. The summed E-state index contributed by atoms with van der Waals surface area (Å²) in [5.74, 6) is 0.272. The second-order valence-corrected chi connectivity index (χ2v) is 5.84. The highest BCUT2D eigenvalue weighted by molar-refractivity contribution is 6.22. The van der Waals surface area contributed by atoms with Gasteiger partial charge in [-0.2, -0.15) is 0 Å². The van der Waals surface area contributed by atoms with Crippen LogP contribution < -0.4 is 10.6 Å². The molecule has 106 valence electrons. The number of rotatable bonds is 3. The second-order valence-electron chi connectivity index (χ2n) is 5.84. The van der Waals surface area contributed by atoms with Gasteiger partial charge in [-0.1, -0.05) is 25.5 Å². The Bertz CT molecular complexity index is 531. The molecule has 1 aromatic carbocycles. The van der Waals surface area contributed by atoms with Gasteiger partial charge in [0.1, 0.15) is 0 Å². The lowest BCUT2D eigenvalue weighted by molar-refractivity contribution is -0.123. The predicted molar refractivity (Wildman–Crippen MR) is 76.8 cm³/mol. The summed E-state index contributed by atoms with van der Waals surface area (Å²) in [7, 11) is 0. The minimum absolute atomic E-state index is 0.0230. The van der Waals surface area contributed by atoms with Crippen molar-refractivity contribution in [3.63, 3.8) is 0 Å². The number of nitrogens with zero attached hydrogens (tertiary/aromatic N) is 1. The van der Waals surface area contributed by atoms with E-state index in [4.69, 9.17) is 5.73 Å². The number of nitrogens with two attached hydrogens (primary N) is 1. The fourth-order valence-electron chi connectivity index (χ4n) is 3.54. The van der Waals surface area contributed by atoms with Crippen molar-refractivity contribution in [1.82, 2.24) is 0 Å². The molecule has 1 aliphatic carbocycles. The SMILES string of the molecule is CCC1CC2C(=O)N(c3cccc(CN)c3)C(=O)C2C1. The molecule has 0 bridgehead atoms. The lowest BCUT2D eigenvalue weighted by atomic mass is 10.00. The van der Waals surface area contributed by atoms with Gasteiger partial charge in [0.05, 0.1) is 17.5 Å². The Kier molecular flexibility index (Phi) is 3.34. The minimum Gasteiger partial charge on any atom is -0.326 e. The Morgan fingerprint density at radius 1 is 1.20 bits per heavy atom. The molecular weight excluding hydrogens is 252 g/mol. The number of hydrogen-bond donors (Lipinski definition) is 1. The fraction of sp³-hybridized carbons (Fsp3) is 0.500. The monoisotopic (exact) mass is 272 g/mol. The first kappa shape index (κ1) is 13.3. The third-order valence-electron chi connectivity index (χ3n) is 4.72. The third-order valence-corrected chi connectivity index (χ3v) is 4.72. The number of benzene rings is 1. The molecular formula is C16H20N2O2. The highest BCUT2D eigenvalue weighted by Crippen LogP contribution is 2.45. The van der Waals surface area contributed by atoms with E-state index in [9.17, 15) is 9.59 Å². The van der Waals surface area contributed by atoms with E-state index in [0.717, 1.165) is 24.8 Å². The maximum absolute atomic E-state index is 12.5.